The summed E-state index contributed by atoms with van der Waals surface area (Å²) < 4.78 is 11.6. The number of hydrogen-bond donors (Lipinski definition) is 1. The maximum absolute atomic E-state index is 12.8. The zero-order valence-electron chi connectivity index (χ0n) is 18.4. The van der Waals surface area contributed by atoms with Crippen molar-refractivity contribution < 1.29 is 23.9 Å². The van der Waals surface area contributed by atoms with Crippen molar-refractivity contribution in [1.82, 2.24) is 4.90 Å². The smallest absolute Gasteiger partial charge is 0.294 e. The zero-order chi connectivity index (χ0) is 24.1. The SMILES string of the molecule is C=CCOc1c(Br)cc(/C=C2\SC(=O)N(CC(=O)Nc3c(C)cccc3C)C2=O)cc1OC. The molecule has 0 bridgehead atoms. The Morgan fingerprint density at radius 1 is 1.24 bits per heavy atom. The number of para-hydroxylation sites is 1. The molecule has 3 rings (SSSR count). The van der Waals surface area contributed by atoms with E-state index >= 15 is 0 Å². The van der Waals surface area contributed by atoms with E-state index in [0.717, 1.165) is 27.8 Å². The minimum Gasteiger partial charge on any atom is -0.493 e. The van der Waals surface area contributed by atoms with Crippen molar-refractivity contribution in [3.8, 4) is 11.5 Å². The number of ether oxygens (including phenoxy) is 2. The molecular formula is C24H23BrN2O5S. The van der Waals surface area contributed by atoms with Crippen LogP contribution in [0.4, 0.5) is 10.5 Å². The fourth-order valence-electron chi connectivity index (χ4n) is 3.23. The topological polar surface area (TPSA) is 84.9 Å². The molecule has 7 nitrogen and oxygen atoms in total. The van der Waals surface area contributed by atoms with Crippen molar-refractivity contribution in [3.63, 3.8) is 0 Å². The standard InChI is InChI=1S/C24H23BrN2O5S/c1-5-9-32-22-17(25)10-16(11-18(22)31-4)12-19-23(29)27(24(30)33-19)13-20(28)26-21-14(2)7-6-8-15(21)3/h5-8,10-12H,1,9,13H2,2-4H3,(H,26,28)/b19-12-. The Kier molecular flexibility index (Phi) is 7.99. The normalized spacial score (nSPS) is 14.5. The molecule has 0 radical (unpaired) electrons. The number of benzene rings is 2. The van der Waals surface area contributed by atoms with Gasteiger partial charge >= 0.3 is 0 Å². The van der Waals surface area contributed by atoms with E-state index in [2.05, 4.69) is 27.8 Å². The number of halogens is 1. The van der Waals surface area contributed by atoms with Crippen LogP contribution in [0.2, 0.25) is 0 Å². The van der Waals surface area contributed by atoms with Gasteiger partial charge < -0.3 is 14.8 Å². The number of carbonyl (C=O) groups is 3. The van der Waals surface area contributed by atoms with E-state index in [1.54, 1.807) is 24.3 Å². The molecule has 0 aliphatic carbocycles. The lowest BCUT2D eigenvalue weighted by atomic mass is 10.1. The Balaban J connectivity index is 1.77. The van der Waals surface area contributed by atoms with E-state index in [9.17, 15) is 14.4 Å². The Hall–Kier alpha value is -3.04. The van der Waals surface area contributed by atoms with Gasteiger partial charge in [-0.15, -0.1) is 0 Å². The highest BCUT2D eigenvalue weighted by atomic mass is 79.9. The number of hydrogen-bond acceptors (Lipinski definition) is 6. The van der Waals surface area contributed by atoms with E-state index < -0.39 is 17.1 Å². The molecule has 9 heteroatoms. The zero-order valence-corrected chi connectivity index (χ0v) is 20.8. The molecule has 0 unspecified atom stereocenters. The van der Waals surface area contributed by atoms with Gasteiger partial charge in [0.2, 0.25) is 5.91 Å². The number of carbonyl (C=O) groups excluding carboxylic acids is 3. The van der Waals surface area contributed by atoms with Gasteiger partial charge in [0.15, 0.2) is 11.5 Å². The third-order valence-electron chi connectivity index (χ3n) is 4.82. The average molecular weight is 531 g/mol. The number of thioether (sulfide) groups is 1. The quantitative estimate of drug-likeness (QED) is 0.367. The largest absolute Gasteiger partial charge is 0.493 e. The van der Waals surface area contributed by atoms with E-state index in [1.807, 2.05) is 32.0 Å². The number of rotatable bonds is 8. The predicted molar refractivity (Wildman–Crippen MR) is 134 cm³/mol. The van der Waals surface area contributed by atoms with Gasteiger partial charge in [0.25, 0.3) is 11.1 Å². The summed E-state index contributed by atoms with van der Waals surface area (Å²) in [7, 11) is 1.51. The second-order valence-corrected chi connectivity index (χ2v) is 9.06. The number of aryl methyl sites for hydroxylation is 2. The molecule has 1 heterocycles. The summed E-state index contributed by atoms with van der Waals surface area (Å²) in [6.07, 6.45) is 3.20. The van der Waals surface area contributed by atoms with Gasteiger partial charge in [-0.25, -0.2) is 0 Å². The van der Waals surface area contributed by atoms with Crippen molar-refractivity contribution >= 4 is 56.5 Å². The average Bonchev–Trinajstić information content (AvgIpc) is 3.02. The fourth-order valence-corrected chi connectivity index (χ4v) is 4.64. The van der Waals surface area contributed by atoms with Crippen LogP contribution in [0.5, 0.6) is 11.5 Å². The van der Waals surface area contributed by atoms with Gasteiger partial charge in [-0.05, 0) is 76.4 Å². The molecule has 2 aromatic rings. The van der Waals surface area contributed by atoms with Crippen LogP contribution >= 0.6 is 27.7 Å². The number of amides is 3. The predicted octanol–water partition coefficient (Wildman–Crippen LogP) is 5.31. The van der Waals surface area contributed by atoms with Crippen LogP contribution in [0.25, 0.3) is 6.08 Å². The fraction of sp³-hybridized carbons (Fsp3) is 0.208. The van der Waals surface area contributed by atoms with Gasteiger partial charge in [0.05, 0.1) is 16.5 Å². The van der Waals surface area contributed by atoms with Crippen molar-refractivity contribution in [1.29, 1.82) is 0 Å². The van der Waals surface area contributed by atoms with Crippen LogP contribution in [0.3, 0.4) is 0 Å². The van der Waals surface area contributed by atoms with Crippen molar-refractivity contribution in [3.05, 3.63) is 69.1 Å². The first-order valence-electron chi connectivity index (χ1n) is 9.97. The molecular weight excluding hydrogens is 508 g/mol. The second-order valence-electron chi connectivity index (χ2n) is 7.22. The van der Waals surface area contributed by atoms with Gasteiger partial charge in [-0.3, -0.25) is 19.3 Å². The molecule has 0 saturated carbocycles. The first kappa shape index (κ1) is 24.6. The lowest BCUT2D eigenvalue weighted by molar-refractivity contribution is -0.127. The van der Waals surface area contributed by atoms with Crippen molar-refractivity contribution in [2.24, 2.45) is 0 Å². The van der Waals surface area contributed by atoms with Gasteiger partial charge in [0.1, 0.15) is 13.2 Å². The minimum absolute atomic E-state index is 0.216. The van der Waals surface area contributed by atoms with Crippen LogP contribution in [0.1, 0.15) is 16.7 Å². The lowest BCUT2D eigenvalue weighted by Gasteiger charge is -2.15. The van der Waals surface area contributed by atoms with E-state index in [-0.39, 0.29) is 11.4 Å². The highest BCUT2D eigenvalue weighted by Crippen LogP contribution is 2.39. The van der Waals surface area contributed by atoms with Crippen LogP contribution in [-0.4, -0.2) is 42.2 Å². The summed E-state index contributed by atoms with van der Waals surface area (Å²) in [5.41, 5.74) is 3.12. The molecule has 0 spiro atoms. The van der Waals surface area contributed by atoms with E-state index in [0.29, 0.717) is 33.8 Å². The summed E-state index contributed by atoms with van der Waals surface area (Å²) in [6, 6.07) is 9.11. The first-order chi connectivity index (χ1) is 15.7. The van der Waals surface area contributed by atoms with Gasteiger partial charge in [-0.1, -0.05) is 30.9 Å². The highest BCUT2D eigenvalue weighted by Gasteiger charge is 2.36. The Labute approximate surface area is 204 Å². The number of methoxy groups -OCH3 is 1. The first-order valence-corrected chi connectivity index (χ1v) is 11.6. The van der Waals surface area contributed by atoms with Crippen LogP contribution < -0.4 is 14.8 Å². The van der Waals surface area contributed by atoms with Crippen LogP contribution in [-0.2, 0) is 9.59 Å². The molecule has 172 valence electrons. The molecule has 33 heavy (non-hydrogen) atoms. The summed E-state index contributed by atoms with van der Waals surface area (Å²) in [6.45, 7) is 7.33. The molecule has 1 aliphatic heterocycles. The molecule has 1 saturated heterocycles. The maximum Gasteiger partial charge on any atom is 0.294 e. The van der Waals surface area contributed by atoms with Crippen molar-refractivity contribution in [2.75, 3.05) is 25.6 Å². The van der Waals surface area contributed by atoms with Gasteiger partial charge in [0, 0.05) is 5.69 Å². The monoisotopic (exact) mass is 530 g/mol. The molecule has 0 atom stereocenters. The Bertz CT molecular complexity index is 1140. The number of nitrogens with one attached hydrogen (secondary N) is 1. The number of imide groups is 1. The maximum atomic E-state index is 12.8. The summed E-state index contributed by atoms with van der Waals surface area (Å²) in [4.78, 5) is 39.0. The molecule has 3 amide bonds. The van der Waals surface area contributed by atoms with Crippen LogP contribution in [0, 0.1) is 13.8 Å². The lowest BCUT2D eigenvalue weighted by Crippen LogP contribution is -2.36. The highest BCUT2D eigenvalue weighted by molar-refractivity contribution is 9.10. The summed E-state index contributed by atoms with van der Waals surface area (Å²) in [5, 5.41) is 2.30. The molecule has 1 N–H and O–H groups in total. The number of anilines is 1. The third kappa shape index (κ3) is 5.66. The van der Waals surface area contributed by atoms with E-state index in [4.69, 9.17) is 9.47 Å². The summed E-state index contributed by atoms with van der Waals surface area (Å²) in [5.74, 6) is 0.00307. The Morgan fingerprint density at radius 2 is 1.94 bits per heavy atom. The second kappa shape index (κ2) is 10.7. The van der Waals surface area contributed by atoms with Crippen molar-refractivity contribution in [2.45, 2.75) is 13.8 Å². The number of nitrogens with zero attached hydrogens (tertiary/aromatic N) is 1. The van der Waals surface area contributed by atoms with E-state index in [1.165, 1.54) is 7.11 Å². The molecule has 0 aromatic heterocycles. The van der Waals surface area contributed by atoms with Gasteiger partial charge in [-0.2, -0.15) is 0 Å². The third-order valence-corrected chi connectivity index (χ3v) is 6.31. The minimum atomic E-state index is -0.524. The molecule has 1 fully saturated rings. The van der Waals surface area contributed by atoms with Crippen LogP contribution in [0.15, 0.2) is 52.4 Å². The molecule has 2 aromatic carbocycles. The summed E-state index contributed by atoms with van der Waals surface area (Å²) >= 11 is 4.23. The Morgan fingerprint density at radius 3 is 2.58 bits per heavy atom. The molecule has 1 aliphatic rings.